The Morgan fingerprint density at radius 1 is 1.29 bits per heavy atom. The largest absolute Gasteiger partial charge is 0.469 e. The maximum Gasteiger partial charge on any atom is 0.335 e. The molecule has 0 radical (unpaired) electrons. The number of methoxy groups -OCH3 is 2. The molecule has 17 heavy (non-hydrogen) atoms. The van der Waals surface area contributed by atoms with E-state index in [0.717, 1.165) is 12.8 Å². The summed E-state index contributed by atoms with van der Waals surface area (Å²) in [6.45, 7) is 0.608. The third kappa shape index (κ3) is 4.70. The zero-order valence-electron chi connectivity index (χ0n) is 10.1. The van der Waals surface area contributed by atoms with Crippen LogP contribution in [0.15, 0.2) is 0 Å². The Morgan fingerprint density at radius 3 is 2.59 bits per heavy atom. The third-order valence-electron chi connectivity index (χ3n) is 2.50. The molecule has 1 aliphatic rings. The number of hydrogen-bond donors (Lipinski definition) is 0. The normalized spacial score (nSPS) is 21.6. The lowest BCUT2D eigenvalue weighted by molar-refractivity contribution is -0.205. The molecule has 0 amide bonds. The third-order valence-corrected chi connectivity index (χ3v) is 2.50. The Morgan fingerprint density at radius 2 is 2.06 bits per heavy atom. The van der Waals surface area contributed by atoms with E-state index in [1.165, 1.54) is 14.2 Å². The molecule has 1 aliphatic heterocycles. The SMILES string of the molecule is COC(=O)C[C@@H](OC1CCCCO1)C(=O)OC. The molecule has 1 fully saturated rings. The van der Waals surface area contributed by atoms with Gasteiger partial charge in [0.1, 0.15) is 0 Å². The van der Waals surface area contributed by atoms with Crippen molar-refractivity contribution >= 4 is 11.9 Å². The highest BCUT2D eigenvalue weighted by Gasteiger charge is 2.28. The first-order valence-electron chi connectivity index (χ1n) is 5.59. The maximum atomic E-state index is 11.4. The Hall–Kier alpha value is -1.14. The lowest BCUT2D eigenvalue weighted by Gasteiger charge is -2.26. The van der Waals surface area contributed by atoms with Gasteiger partial charge >= 0.3 is 11.9 Å². The Labute approximate surface area is 100 Å². The van der Waals surface area contributed by atoms with Crippen LogP contribution in [0.5, 0.6) is 0 Å². The molecule has 1 rings (SSSR count). The quantitative estimate of drug-likeness (QED) is 0.663. The molecular weight excluding hydrogens is 228 g/mol. The van der Waals surface area contributed by atoms with Crippen LogP contribution in [0.3, 0.4) is 0 Å². The van der Waals surface area contributed by atoms with Gasteiger partial charge in [0.2, 0.25) is 0 Å². The summed E-state index contributed by atoms with van der Waals surface area (Å²) in [6.07, 6.45) is 1.11. The van der Waals surface area contributed by atoms with Crippen LogP contribution in [-0.4, -0.2) is 45.2 Å². The van der Waals surface area contributed by atoms with Crippen molar-refractivity contribution in [2.24, 2.45) is 0 Å². The van der Waals surface area contributed by atoms with E-state index in [1.807, 2.05) is 0 Å². The molecule has 0 aliphatic carbocycles. The van der Waals surface area contributed by atoms with Crippen LogP contribution in [0.25, 0.3) is 0 Å². The molecule has 0 aromatic rings. The lowest BCUT2D eigenvalue weighted by atomic mass is 10.2. The van der Waals surface area contributed by atoms with Gasteiger partial charge in [-0.25, -0.2) is 4.79 Å². The van der Waals surface area contributed by atoms with Crippen LogP contribution < -0.4 is 0 Å². The minimum atomic E-state index is -0.962. The molecule has 2 atom stereocenters. The number of carbonyl (C=O) groups is 2. The molecule has 0 N–H and O–H groups in total. The number of carbonyl (C=O) groups excluding carboxylic acids is 2. The van der Waals surface area contributed by atoms with Gasteiger partial charge in [0.05, 0.1) is 20.6 Å². The summed E-state index contributed by atoms with van der Waals surface area (Å²) < 4.78 is 19.8. The maximum absolute atomic E-state index is 11.4. The van der Waals surface area contributed by atoms with E-state index in [0.29, 0.717) is 13.0 Å². The lowest BCUT2D eigenvalue weighted by Crippen LogP contribution is -2.35. The smallest absolute Gasteiger partial charge is 0.335 e. The van der Waals surface area contributed by atoms with Gasteiger partial charge in [-0.15, -0.1) is 0 Å². The van der Waals surface area contributed by atoms with E-state index < -0.39 is 24.3 Å². The van der Waals surface area contributed by atoms with E-state index in [4.69, 9.17) is 9.47 Å². The van der Waals surface area contributed by atoms with Gasteiger partial charge in [-0.05, 0) is 19.3 Å². The summed E-state index contributed by atoms with van der Waals surface area (Å²) in [7, 11) is 2.51. The second-order valence-corrected chi connectivity index (χ2v) is 3.72. The Balaban J connectivity index is 2.49. The van der Waals surface area contributed by atoms with Crippen molar-refractivity contribution in [2.45, 2.75) is 38.1 Å². The summed E-state index contributed by atoms with van der Waals surface area (Å²) in [4.78, 5) is 22.6. The molecule has 1 heterocycles. The average molecular weight is 246 g/mol. The fraction of sp³-hybridized carbons (Fsp3) is 0.818. The molecule has 6 heteroatoms. The van der Waals surface area contributed by atoms with Crippen LogP contribution in [0.1, 0.15) is 25.7 Å². The standard InChI is InChI=1S/C11H18O6/c1-14-9(12)7-8(11(13)15-2)17-10-5-3-4-6-16-10/h8,10H,3-7H2,1-2H3/t8-,10?/m1/s1. The Bertz CT molecular complexity index is 259. The number of ether oxygens (including phenoxy) is 4. The number of rotatable bonds is 5. The van der Waals surface area contributed by atoms with E-state index >= 15 is 0 Å². The molecule has 0 bridgehead atoms. The molecule has 1 unspecified atom stereocenters. The first-order chi connectivity index (χ1) is 8.17. The first-order valence-corrected chi connectivity index (χ1v) is 5.59. The molecule has 6 nitrogen and oxygen atoms in total. The number of hydrogen-bond acceptors (Lipinski definition) is 6. The topological polar surface area (TPSA) is 71.1 Å². The summed E-state index contributed by atoms with van der Waals surface area (Å²) in [5.41, 5.74) is 0. The molecular formula is C11H18O6. The van der Waals surface area contributed by atoms with Crippen LogP contribution in [0, 0.1) is 0 Å². The fourth-order valence-electron chi connectivity index (χ4n) is 1.55. The van der Waals surface area contributed by atoms with Crippen molar-refractivity contribution in [1.82, 2.24) is 0 Å². The van der Waals surface area contributed by atoms with Crippen molar-refractivity contribution in [2.75, 3.05) is 20.8 Å². The van der Waals surface area contributed by atoms with Crippen LogP contribution >= 0.6 is 0 Å². The van der Waals surface area contributed by atoms with Crippen molar-refractivity contribution in [3.05, 3.63) is 0 Å². The highest BCUT2D eigenvalue weighted by molar-refractivity contribution is 5.81. The second kappa shape index (κ2) is 7.24. The van der Waals surface area contributed by atoms with Gasteiger partial charge in [-0.2, -0.15) is 0 Å². The minimum absolute atomic E-state index is 0.164. The van der Waals surface area contributed by atoms with Gasteiger partial charge in [-0.1, -0.05) is 0 Å². The fourth-order valence-corrected chi connectivity index (χ4v) is 1.55. The molecule has 1 saturated heterocycles. The van der Waals surface area contributed by atoms with Crippen LogP contribution in [-0.2, 0) is 28.5 Å². The first kappa shape index (κ1) is 13.9. The molecule has 0 spiro atoms. The van der Waals surface area contributed by atoms with E-state index in [-0.39, 0.29) is 6.42 Å². The second-order valence-electron chi connectivity index (χ2n) is 3.72. The predicted octanol–water partition coefficient (Wildman–Crippen LogP) is 0.634. The minimum Gasteiger partial charge on any atom is -0.469 e. The highest BCUT2D eigenvalue weighted by Crippen LogP contribution is 2.17. The van der Waals surface area contributed by atoms with Crippen molar-refractivity contribution < 1.29 is 28.5 Å². The Kier molecular flexibility index (Phi) is 5.93. The summed E-state index contributed by atoms with van der Waals surface area (Å²) in [5, 5.41) is 0. The van der Waals surface area contributed by atoms with Crippen LogP contribution in [0.2, 0.25) is 0 Å². The highest BCUT2D eigenvalue weighted by atomic mass is 16.7. The summed E-state index contributed by atoms with van der Waals surface area (Å²) in [6, 6.07) is 0. The summed E-state index contributed by atoms with van der Waals surface area (Å²) >= 11 is 0. The van der Waals surface area contributed by atoms with Gasteiger partial charge in [0.25, 0.3) is 0 Å². The van der Waals surface area contributed by atoms with Gasteiger partial charge in [-0.3, -0.25) is 4.79 Å². The average Bonchev–Trinajstić information content (AvgIpc) is 2.38. The van der Waals surface area contributed by atoms with Crippen molar-refractivity contribution in [3.63, 3.8) is 0 Å². The van der Waals surface area contributed by atoms with Crippen molar-refractivity contribution in [3.8, 4) is 0 Å². The molecule has 0 aromatic heterocycles. The van der Waals surface area contributed by atoms with E-state index in [9.17, 15) is 9.59 Å². The van der Waals surface area contributed by atoms with E-state index in [2.05, 4.69) is 9.47 Å². The van der Waals surface area contributed by atoms with Crippen LogP contribution in [0.4, 0.5) is 0 Å². The van der Waals surface area contributed by atoms with Crippen molar-refractivity contribution in [1.29, 1.82) is 0 Å². The number of esters is 2. The molecule has 98 valence electrons. The van der Waals surface area contributed by atoms with Gasteiger partial charge in [0, 0.05) is 6.61 Å². The predicted molar refractivity (Wildman–Crippen MR) is 57.1 cm³/mol. The van der Waals surface area contributed by atoms with Gasteiger partial charge < -0.3 is 18.9 Å². The van der Waals surface area contributed by atoms with Gasteiger partial charge in [0.15, 0.2) is 12.4 Å². The molecule has 0 saturated carbocycles. The zero-order valence-corrected chi connectivity index (χ0v) is 10.1. The summed E-state index contributed by atoms with van der Waals surface area (Å²) in [5.74, 6) is -1.11. The molecule has 0 aromatic carbocycles. The van der Waals surface area contributed by atoms with E-state index in [1.54, 1.807) is 0 Å². The monoisotopic (exact) mass is 246 g/mol. The zero-order chi connectivity index (χ0) is 12.7.